The first-order valence-electron chi connectivity index (χ1n) is 7.07. The number of aliphatic hydroxyl groups is 1. The SMILES string of the molecule is CN(C)CC1CC(O)CN1Cc1cccc(C(=N)N)c1F. The van der Waals surface area contributed by atoms with Gasteiger partial charge in [-0.2, -0.15) is 0 Å². The van der Waals surface area contributed by atoms with E-state index in [1.807, 2.05) is 14.1 Å². The van der Waals surface area contributed by atoms with Crippen LogP contribution in [0.2, 0.25) is 0 Å². The molecule has 0 saturated carbocycles. The lowest BCUT2D eigenvalue weighted by Crippen LogP contribution is -2.37. The minimum atomic E-state index is -0.435. The van der Waals surface area contributed by atoms with Gasteiger partial charge in [0, 0.05) is 31.2 Å². The fraction of sp³-hybridized carbons (Fsp3) is 0.533. The quantitative estimate of drug-likeness (QED) is 0.549. The number of nitrogens with one attached hydrogen (secondary N) is 1. The Labute approximate surface area is 124 Å². The number of nitrogens with two attached hydrogens (primary N) is 1. The lowest BCUT2D eigenvalue weighted by atomic mass is 10.1. The highest BCUT2D eigenvalue weighted by molar-refractivity contribution is 5.95. The molecule has 6 heteroatoms. The van der Waals surface area contributed by atoms with E-state index in [2.05, 4.69) is 9.80 Å². The second-order valence-electron chi connectivity index (χ2n) is 5.93. The first-order valence-corrected chi connectivity index (χ1v) is 7.07. The van der Waals surface area contributed by atoms with Crippen molar-refractivity contribution in [3.8, 4) is 0 Å². The summed E-state index contributed by atoms with van der Waals surface area (Å²) in [4.78, 5) is 4.16. The van der Waals surface area contributed by atoms with Crippen LogP contribution >= 0.6 is 0 Å². The summed E-state index contributed by atoms with van der Waals surface area (Å²) in [5.41, 5.74) is 6.04. The van der Waals surface area contributed by atoms with E-state index in [1.165, 1.54) is 6.07 Å². The Morgan fingerprint density at radius 2 is 2.24 bits per heavy atom. The monoisotopic (exact) mass is 294 g/mol. The van der Waals surface area contributed by atoms with Crippen molar-refractivity contribution in [2.45, 2.75) is 25.1 Å². The number of likely N-dealkylation sites (tertiary alicyclic amines) is 1. The molecule has 0 aliphatic carbocycles. The van der Waals surface area contributed by atoms with Gasteiger partial charge < -0.3 is 15.7 Å². The molecule has 1 aliphatic heterocycles. The van der Waals surface area contributed by atoms with Gasteiger partial charge in [-0.1, -0.05) is 12.1 Å². The maximum atomic E-state index is 14.3. The zero-order valence-corrected chi connectivity index (χ0v) is 12.5. The number of amidine groups is 1. The molecule has 0 spiro atoms. The molecule has 1 aliphatic rings. The van der Waals surface area contributed by atoms with Gasteiger partial charge in [0.1, 0.15) is 11.7 Å². The van der Waals surface area contributed by atoms with E-state index in [-0.39, 0.29) is 23.5 Å². The fourth-order valence-electron chi connectivity index (χ4n) is 2.89. The molecule has 0 amide bonds. The molecular weight excluding hydrogens is 271 g/mol. The summed E-state index contributed by atoms with van der Waals surface area (Å²) >= 11 is 0. The number of halogens is 1. The highest BCUT2D eigenvalue weighted by atomic mass is 19.1. The Hall–Kier alpha value is -1.50. The molecule has 0 bridgehead atoms. The largest absolute Gasteiger partial charge is 0.392 e. The highest BCUT2D eigenvalue weighted by Gasteiger charge is 2.31. The smallest absolute Gasteiger partial charge is 0.138 e. The molecule has 4 N–H and O–H groups in total. The number of likely N-dealkylation sites (N-methyl/N-ethyl adjacent to an activating group) is 1. The van der Waals surface area contributed by atoms with Gasteiger partial charge in [0.05, 0.1) is 11.7 Å². The van der Waals surface area contributed by atoms with Gasteiger partial charge in [0.2, 0.25) is 0 Å². The molecule has 1 aromatic carbocycles. The number of nitrogens with zero attached hydrogens (tertiary/aromatic N) is 2. The van der Waals surface area contributed by atoms with Gasteiger partial charge in [-0.3, -0.25) is 10.3 Å². The fourth-order valence-corrected chi connectivity index (χ4v) is 2.89. The van der Waals surface area contributed by atoms with Crippen LogP contribution in [0.5, 0.6) is 0 Å². The minimum absolute atomic E-state index is 0.136. The summed E-state index contributed by atoms with van der Waals surface area (Å²) in [6.45, 7) is 1.79. The molecule has 5 nitrogen and oxygen atoms in total. The number of hydrogen-bond acceptors (Lipinski definition) is 4. The van der Waals surface area contributed by atoms with Crippen LogP contribution in [0.1, 0.15) is 17.5 Å². The number of β-amino-alcohol motifs (C(OH)–C–C–N with tert-alkyl or cyclic N) is 1. The molecule has 2 unspecified atom stereocenters. The van der Waals surface area contributed by atoms with E-state index in [4.69, 9.17) is 11.1 Å². The molecule has 116 valence electrons. The van der Waals surface area contributed by atoms with Crippen molar-refractivity contribution in [2.75, 3.05) is 27.2 Å². The molecular formula is C15H23FN4O. The summed E-state index contributed by atoms with van der Waals surface area (Å²) in [6.07, 6.45) is 0.334. The van der Waals surface area contributed by atoms with Gasteiger partial charge in [-0.05, 0) is 26.6 Å². The van der Waals surface area contributed by atoms with Crippen molar-refractivity contribution in [1.29, 1.82) is 5.41 Å². The highest BCUT2D eigenvalue weighted by Crippen LogP contribution is 2.23. The topological polar surface area (TPSA) is 76.6 Å². The van der Waals surface area contributed by atoms with Crippen molar-refractivity contribution < 1.29 is 9.50 Å². The minimum Gasteiger partial charge on any atom is -0.392 e. The average Bonchev–Trinajstić information content (AvgIpc) is 2.70. The number of nitrogen functional groups attached to an aromatic ring is 1. The van der Waals surface area contributed by atoms with Crippen molar-refractivity contribution in [2.24, 2.45) is 5.73 Å². The third kappa shape index (κ3) is 3.78. The van der Waals surface area contributed by atoms with Gasteiger partial charge in [0.25, 0.3) is 0 Å². The summed E-state index contributed by atoms with van der Waals surface area (Å²) in [5, 5.41) is 17.3. The van der Waals surface area contributed by atoms with Gasteiger partial charge >= 0.3 is 0 Å². The van der Waals surface area contributed by atoms with E-state index in [0.717, 1.165) is 6.54 Å². The van der Waals surface area contributed by atoms with Crippen molar-refractivity contribution >= 4 is 5.84 Å². The van der Waals surface area contributed by atoms with Crippen LogP contribution in [0.3, 0.4) is 0 Å². The van der Waals surface area contributed by atoms with Crippen LogP contribution in [0, 0.1) is 11.2 Å². The molecule has 21 heavy (non-hydrogen) atoms. The van der Waals surface area contributed by atoms with Crippen LogP contribution in [-0.4, -0.2) is 60.1 Å². The number of aliphatic hydroxyl groups excluding tert-OH is 1. The summed E-state index contributed by atoms with van der Waals surface area (Å²) in [7, 11) is 3.97. The van der Waals surface area contributed by atoms with Crippen molar-refractivity contribution in [1.82, 2.24) is 9.80 Å². The molecule has 1 saturated heterocycles. The predicted octanol–water partition coefficient (Wildman–Crippen LogP) is 0.607. The van der Waals surface area contributed by atoms with Crippen molar-refractivity contribution in [3.05, 3.63) is 35.1 Å². The zero-order chi connectivity index (χ0) is 15.6. The number of rotatable bonds is 5. The molecule has 0 aromatic heterocycles. The second-order valence-corrected chi connectivity index (χ2v) is 5.93. The summed E-state index contributed by atoms with van der Waals surface area (Å²) in [6, 6.07) is 5.13. The van der Waals surface area contributed by atoms with E-state index in [9.17, 15) is 9.50 Å². The van der Waals surface area contributed by atoms with Gasteiger partial charge in [-0.15, -0.1) is 0 Å². The summed E-state index contributed by atoms with van der Waals surface area (Å²) < 4.78 is 14.3. The molecule has 0 radical (unpaired) electrons. The average molecular weight is 294 g/mol. The van der Waals surface area contributed by atoms with E-state index >= 15 is 0 Å². The van der Waals surface area contributed by atoms with Crippen LogP contribution in [-0.2, 0) is 6.54 Å². The van der Waals surface area contributed by atoms with Crippen LogP contribution in [0.25, 0.3) is 0 Å². The predicted molar refractivity (Wildman–Crippen MR) is 80.8 cm³/mol. The Morgan fingerprint density at radius 1 is 1.52 bits per heavy atom. The van der Waals surface area contributed by atoms with E-state index in [1.54, 1.807) is 12.1 Å². The normalized spacial score (nSPS) is 22.9. The molecule has 1 aromatic rings. The number of hydrogen-bond donors (Lipinski definition) is 3. The molecule has 1 fully saturated rings. The Morgan fingerprint density at radius 3 is 2.86 bits per heavy atom. The molecule has 2 rings (SSSR count). The lowest BCUT2D eigenvalue weighted by Gasteiger charge is -2.27. The lowest BCUT2D eigenvalue weighted by molar-refractivity contribution is 0.168. The Kier molecular flexibility index (Phi) is 4.92. The van der Waals surface area contributed by atoms with Crippen molar-refractivity contribution in [3.63, 3.8) is 0 Å². The Bertz CT molecular complexity index is 520. The molecule has 1 heterocycles. The van der Waals surface area contributed by atoms with Crippen LogP contribution in [0.4, 0.5) is 4.39 Å². The molecule has 2 atom stereocenters. The third-order valence-corrected chi connectivity index (χ3v) is 3.82. The maximum absolute atomic E-state index is 14.3. The zero-order valence-electron chi connectivity index (χ0n) is 12.5. The van der Waals surface area contributed by atoms with E-state index in [0.29, 0.717) is 25.1 Å². The standard InChI is InChI=1S/C15H23FN4O/c1-19(2)8-11-6-12(21)9-20(11)7-10-4-3-5-13(14(10)16)15(17)18/h3-5,11-12,21H,6-9H2,1-2H3,(H3,17,18). The van der Waals surface area contributed by atoms with E-state index < -0.39 is 5.82 Å². The first kappa shape index (κ1) is 15.9. The van der Waals surface area contributed by atoms with Gasteiger partial charge in [0.15, 0.2) is 0 Å². The van der Waals surface area contributed by atoms with Gasteiger partial charge in [-0.25, -0.2) is 4.39 Å². The summed E-state index contributed by atoms with van der Waals surface area (Å²) in [5.74, 6) is -0.698. The Balaban J connectivity index is 2.17. The number of benzene rings is 1. The maximum Gasteiger partial charge on any atom is 0.138 e. The van der Waals surface area contributed by atoms with Crippen LogP contribution < -0.4 is 5.73 Å². The second kappa shape index (κ2) is 6.51. The van der Waals surface area contributed by atoms with Crippen LogP contribution in [0.15, 0.2) is 18.2 Å². The first-order chi connectivity index (χ1) is 9.88. The third-order valence-electron chi connectivity index (χ3n) is 3.82.